The molecule has 0 aliphatic heterocycles. The largest absolute Gasteiger partial charge is 0.497 e. The highest BCUT2D eigenvalue weighted by Crippen LogP contribution is 2.24. The summed E-state index contributed by atoms with van der Waals surface area (Å²) in [6.45, 7) is 5.92. The molecule has 0 aromatic rings. The van der Waals surface area contributed by atoms with Gasteiger partial charge in [-0.3, -0.25) is 0 Å². The van der Waals surface area contributed by atoms with Gasteiger partial charge in [0.2, 0.25) is 0 Å². The summed E-state index contributed by atoms with van der Waals surface area (Å²) in [6, 6.07) is 0. The van der Waals surface area contributed by atoms with Crippen LogP contribution in [0.5, 0.6) is 0 Å². The molecule has 0 aliphatic carbocycles. The van der Waals surface area contributed by atoms with E-state index in [0.29, 0.717) is 6.42 Å². The zero-order valence-electron chi connectivity index (χ0n) is 12.1. The molecular formula is C11H21ClN2O4S2. The molecule has 1 atom stereocenters. The van der Waals surface area contributed by atoms with Crippen LogP contribution in [-0.2, 0) is 19.7 Å². The van der Waals surface area contributed by atoms with Gasteiger partial charge < -0.3 is 5.53 Å². The summed E-state index contributed by atoms with van der Waals surface area (Å²) in [5.41, 5.74) is 8.85. The Labute approximate surface area is 126 Å². The van der Waals surface area contributed by atoms with E-state index in [4.69, 9.17) is 17.1 Å². The maximum absolute atomic E-state index is 12.1. The topological polar surface area (TPSA) is 105 Å². The van der Waals surface area contributed by atoms with E-state index in [1.807, 2.05) is 6.92 Å². The zero-order valence-corrected chi connectivity index (χ0v) is 14.5. The van der Waals surface area contributed by atoms with Crippen molar-refractivity contribution in [1.29, 1.82) is 0 Å². The molecule has 0 spiro atoms. The Bertz CT molecular complexity index is 584. The monoisotopic (exact) mass is 344 g/mol. The summed E-state index contributed by atoms with van der Waals surface area (Å²) in [5.74, 6) is 0. The number of hydrogen-bond donors (Lipinski definition) is 0. The van der Waals surface area contributed by atoms with E-state index in [2.05, 4.69) is 4.79 Å². The van der Waals surface area contributed by atoms with Crippen LogP contribution in [0.1, 0.15) is 53.4 Å². The second-order valence-corrected chi connectivity index (χ2v) is 11.1. The van der Waals surface area contributed by atoms with Crippen LogP contribution >= 0.6 is 11.6 Å². The molecule has 0 radical (unpaired) electrons. The Morgan fingerprint density at radius 3 is 2.05 bits per heavy atom. The van der Waals surface area contributed by atoms with E-state index in [0.717, 1.165) is 12.8 Å². The van der Waals surface area contributed by atoms with Gasteiger partial charge in [-0.15, -0.1) is 16.4 Å². The van der Waals surface area contributed by atoms with Crippen LogP contribution in [-0.4, -0.2) is 35.5 Å². The van der Waals surface area contributed by atoms with Crippen molar-refractivity contribution in [3.63, 3.8) is 0 Å². The second-order valence-electron chi connectivity index (χ2n) is 5.43. The standard InChI is InChI=1S/C11H21ClN2O4S2/c1-5-6-7-8-9(12)19(15,16)10(14-13)20(17,18)11(2,3)4/h9H,5-8H2,1-4H3. The van der Waals surface area contributed by atoms with E-state index in [1.165, 1.54) is 20.8 Å². The van der Waals surface area contributed by atoms with E-state index >= 15 is 0 Å². The minimum Gasteiger partial charge on any atom is -0.359 e. The Hall–Kier alpha value is -0.430. The molecule has 9 heteroatoms. The highest BCUT2D eigenvalue weighted by molar-refractivity contribution is 8.32. The first-order valence-corrected chi connectivity index (χ1v) is 9.74. The summed E-state index contributed by atoms with van der Waals surface area (Å²) in [5, 5.41) is 0. The van der Waals surface area contributed by atoms with E-state index in [1.54, 1.807) is 0 Å². The Morgan fingerprint density at radius 2 is 1.70 bits per heavy atom. The molecule has 1 unspecified atom stereocenters. The second kappa shape index (κ2) is 7.02. The van der Waals surface area contributed by atoms with Gasteiger partial charge in [0.05, 0.1) is 4.75 Å². The van der Waals surface area contributed by atoms with Gasteiger partial charge in [0.25, 0.3) is 19.7 Å². The van der Waals surface area contributed by atoms with Crippen molar-refractivity contribution in [2.75, 3.05) is 0 Å². The molecule has 118 valence electrons. The summed E-state index contributed by atoms with van der Waals surface area (Å²) in [7, 11) is -8.69. The fourth-order valence-corrected chi connectivity index (χ4v) is 5.67. The fraction of sp³-hybridized carbons (Fsp3) is 0.909. The molecule has 0 aliphatic rings. The molecule has 0 saturated carbocycles. The molecule has 6 nitrogen and oxygen atoms in total. The summed E-state index contributed by atoms with van der Waals surface area (Å²) in [6.07, 6.45) is 2.33. The average molecular weight is 345 g/mol. The van der Waals surface area contributed by atoms with Gasteiger partial charge in [0.1, 0.15) is 4.71 Å². The van der Waals surface area contributed by atoms with Gasteiger partial charge in [-0.1, -0.05) is 26.2 Å². The minimum absolute atomic E-state index is 0.108. The first-order valence-electron chi connectivity index (χ1n) is 6.27. The number of alkyl halides is 1. The molecular weight excluding hydrogens is 324 g/mol. The molecule has 0 amide bonds. The van der Waals surface area contributed by atoms with Crippen molar-refractivity contribution in [3.05, 3.63) is 5.53 Å². The van der Waals surface area contributed by atoms with Crippen LogP contribution in [0.4, 0.5) is 0 Å². The van der Waals surface area contributed by atoms with Crippen LogP contribution < -0.4 is 0 Å². The average Bonchev–Trinajstić information content (AvgIpc) is 2.27. The maximum Gasteiger partial charge on any atom is 0.497 e. The van der Waals surface area contributed by atoms with Crippen molar-refractivity contribution in [3.8, 4) is 0 Å². The molecule has 0 rings (SSSR count). The third-order valence-electron chi connectivity index (χ3n) is 2.73. The predicted molar refractivity (Wildman–Crippen MR) is 80.0 cm³/mol. The summed E-state index contributed by atoms with van der Waals surface area (Å²) in [4.78, 5) is 2.50. The van der Waals surface area contributed by atoms with Crippen molar-refractivity contribution in [2.24, 2.45) is 0 Å². The van der Waals surface area contributed by atoms with Gasteiger partial charge in [0, 0.05) is 0 Å². The first kappa shape index (κ1) is 19.6. The van der Waals surface area contributed by atoms with Crippen molar-refractivity contribution >= 4 is 35.7 Å². The Kier molecular flexibility index (Phi) is 6.87. The zero-order chi connectivity index (χ0) is 16.2. The van der Waals surface area contributed by atoms with Gasteiger partial charge in [-0.25, -0.2) is 16.8 Å². The minimum atomic E-state index is -4.39. The number of sulfone groups is 2. The lowest BCUT2D eigenvalue weighted by Gasteiger charge is -2.16. The Balaban J connectivity index is 5.54. The van der Waals surface area contributed by atoms with Crippen LogP contribution in [0.25, 0.3) is 5.53 Å². The van der Waals surface area contributed by atoms with E-state index in [-0.39, 0.29) is 6.42 Å². The molecule has 0 N–H and O–H groups in total. The molecule has 0 fully saturated rings. The van der Waals surface area contributed by atoms with E-state index < -0.39 is 33.5 Å². The summed E-state index contributed by atoms with van der Waals surface area (Å²) >= 11 is 5.79. The first-order chi connectivity index (χ1) is 8.92. The lowest BCUT2D eigenvalue weighted by atomic mass is 10.2. The number of halogens is 1. The van der Waals surface area contributed by atoms with Gasteiger partial charge in [0.15, 0.2) is 0 Å². The number of hydrogen-bond acceptors (Lipinski definition) is 4. The van der Waals surface area contributed by atoms with Crippen molar-refractivity contribution < 1.29 is 21.6 Å². The van der Waals surface area contributed by atoms with Gasteiger partial charge >= 0.3 is 4.38 Å². The molecule has 0 saturated heterocycles. The fourth-order valence-electron chi connectivity index (χ4n) is 1.34. The Morgan fingerprint density at radius 1 is 1.20 bits per heavy atom. The van der Waals surface area contributed by atoms with Crippen LogP contribution in [0, 0.1) is 0 Å². The third kappa shape index (κ3) is 4.28. The predicted octanol–water partition coefficient (Wildman–Crippen LogP) is 2.35. The van der Waals surface area contributed by atoms with Gasteiger partial charge in [-0.05, 0) is 27.2 Å². The number of unbranched alkanes of at least 4 members (excludes halogenated alkanes) is 2. The molecule has 20 heavy (non-hydrogen) atoms. The van der Waals surface area contributed by atoms with Crippen molar-refractivity contribution in [2.45, 2.75) is 62.8 Å². The van der Waals surface area contributed by atoms with Crippen LogP contribution in [0.2, 0.25) is 0 Å². The molecule has 0 heterocycles. The number of rotatable bonds is 5. The van der Waals surface area contributed by atoms with E-state index in [9.17, 15) is 16.8 Å². The van der Waals surface area contributed by atoms with Crippen LogP contribution in [0.15, 0.2) is 0 Å². The maximum atomic E-state index is 12.1. The highest BCUT2D eigenvalue weighted by Gasteiger charge is 2.51. The summed E-state index contributed by atoms with van der Waals surface area (Å²) < 4.78 is 44.5. The molecule has 0 bridgehead atoms. The smallest absolute Gasteiger partial charge is 0.359 e. The van der Waals surface area contributed by atoms with Crippen LogP contribution in [0.3, 0.4) is 0 Å². The van der Waals surface area contributed by atoms with Gasteiger partial charge in [-0.2, -0.15) is 0 Å². The third-order valence-corrected chi connectivity index (χ3v) is 8.64. The quantitative estimate of drug-likeness (QED) is 0.190. The highest BCUT2D eigenvalue weighted by atomic mass is 35.5. The molecule has 0 aromatic carbocycles. The number of nitrogens with zero attached hydrogens (tertiary/aromatic N) is 2. The lowest BCUT2D eigenvalue weighted by Crippen LogP contribution is -2.41. The van der Waals surface area contributed by atoms with Crippen molar-refractivity contribution in [1.82, 2.24) is 0 Å². The normalized spacial score (nSPS) is 14.7. The lowest BCUT2D eigenvalue weighted by molar-refractivity contribution is 0.00364. The molecule has 0 aromatic heterocycles. The SMILES string of the molecule is CCCCCC(Cl)S(=O)(=O)C(=[N+]=[N-])S(=O)(=O)C(C)(C)C.